The van der Waals surface area contributed by atoms with Crippen molar-refractivity contribution in [2.45, 2.75) is 58.4 Å². The largest absolute Gasteiger partial charge is 0.342 e. The van der Waals surface area contributed by atoms with E-state index in [1.807, 2.05) is 4.90 Å². The highest BCUT2D eigenvalue weighted by Gasteiger charge is 2.39. The fourth-order valence-corrected chi connectivity index (χ4v) is 4.12. The van der Waals surface area contributed by atoms with E-state index in [9.17, 15) is 9.59 Å². The highest BCUT2D eigenvalue weighted by Crippen LogP contribution is 2.32. The van der Waals surface area contributed by atoms with E-state index in [2.05, 4.69) is 28.7 Å². The van der Waals surface area contributed by atoms with E-state index in [1.165, 1.54) is 0 Å². The molecule has 0 aliphatic carbocycles. The molecule has 0 saturated carbocycles. The molecule has 0 spiro atoms. The number of amides is 2. The van der Waals surface area contributed by atoms with Gasteiger partial charge in [-0.1, -0.05) is 13.8 Å². The van der Waals surface area contributed by atoms with E-state index in [0.29, 0.717) is 43.0 Å². The molecule has 3 rings (SSSR count). The summed E-state index contributed by atoms with van der Waals surface area (Å²) in [5, 5.41) is 0. The van der Waals surface area contributed by atoms with E-state index < -0.39 is 0 Å². The molecule has 1 aromatic heterocycles. The molecule has 2 saturated heterocycles. The fraction of sp³-hybridized carbons (Fsp3) is 0.700. The summed E-state index contributed by atoms with van der Waals surface area (Å²) in [4.78, 5) is 37.4. The van der Waals surface area contributed by atoms with Crippen LogP contribution in [0.15, 0.2) is 18.6 Å². The van der Waals surface area contributed by atoms with Crippen LogP contribution < -0.4 is 0 Å². The Balaban J connectivity index is 1.53. The standard InChI is InChI=1S/C20H30N4O2/c1-15(2)7-12-24-18-8-11-23(14-16(18)3-5-20(24)26)19(25)6-4-17-13-21-9-10-22-17/h9-10,13,15-16,18H,3-8,11-12,14H2,1-2H3/t16-,18+/m0/s1. The minimum Gasteiger partial charge on any atom is -0.342 e. The van der Waals surface area contributed by atoms with Crippen LogP contribution in [0.25, 0.3) is 0 Å². The normalized spacial score (nSPS) is 23.3. The number of carbonyl (C=O) groups excluding carboxylic acids is 2. The average molecular weight is 358 g/mol. The monoisotopic (exact) mass is 358 g/mol. The third-order valence-corrected chi connectivity index (χ3v) is 5.66. The first kappa shape index (κ1) is 18.8. The minimum absolute atomic E-state index is 0.194. The van der Waals surface area contributed by atoms with Gasteiger partial charge in [-0.3, -0.25) is 19.6 Å². The van der Waals surface area contributed by atoms with Crippen LogP contribution in [-0.2, 0) is 16.0 Å². The number of fused-ring (bicyclic) bond motifs is 1. The second-order valence-corrected chi connectivity index (χ2v) is 7.96. The number of carbonyl (C=O) groups is 2. The first-order valence-corrected chi connectivity index (χ1v) is 9.86. The van der Waals surface area contributed by atoms with Crippen LogP contribution in [0, 0.1) is 11.8 Å². The molecule has 0 N–H and O–H groups in total. The van der Waals surface area contributed by atoms with E-state index in [1.54, 1.807) is 18.6 Å². The summed E-state index contributed by atoms with van der Waals surface area (Å²) in [7, 11) is 0. The molecule has 2 aliphatic rings. The maximum atomic E-state index is 12.6. The molecular weight excluding hydrogens is 328 g/mol. The topological polar surface area (TPSA) is 66.4 Å². The molecule has 2 fully saturated rings. The molecular formula is C20H30N4O2. The molecule has 0 aromatic carbocycles. The van der Waals surface area contributed by atoms with Crippen LogP contribution in [0.4, 0.5) is 0 Å². The predicted molar refractivity (Wildman–Crippen MR) is 99.2 cm³/mol. The van der Waals surface area contributed by atoms with Gasteiger partial charge in [0.15, 0.2) is 0 Å². The van der Waals surface area contributed by atoms with Crippen LogP contribution in [0.1, 0.15) is 51.6 Å². The third-order valence-electron chi connectivity index (χ3n) is 5.66. The summed E-state index contributed by atoms with van der Waals surface area (Å²) in [5.74, 6) is 1.52. The summed E-state index contributed by atoms with van der Waals surface area (Å²) in [6.07, 6.45) is 9.64. The molecule has 0 bridgehead atoms. The van der Waals surface area contributed by atoms with Gasteiger partial charge < -0.3 is 9.80 Å². The van der Waals surface area contributed by atoms with Gasteiger partial charge in [0.1, 0.15) is 0 Å². The zero-order valence-electron chi connectivity index (χ0n) is 15.9. The second kappa shape index (κ2) is 8.60. The van der Waals surface area contributed by atoms with Crippen molar-refractivity contribution in [3.63, 3.8) is 0 Å². The minimum atomic E-state index is 0.194. The first-order valence-electron chi connectivity index (χ1n) is 9.86. The van der Waals surface area contributed by atoms with Crippen molar-refractivity contribution >= 4 is 11.8 Å². The summed E-state index contributed by atoms with van der Waals surface area (Å²) >= 11 is 0. The molecule has 2 aliphatic heterocycles. The van der Waals surface area contributed by atoms with Crippen molar-refractivity contribution in [3.8, 4) is 0 Å². The Labute approximate surface area is 156 Å². The molecule has 6 heteroatoms. The number of likely N-dealkylation sites (tertiary alicyclic amines) is 2. The highest BCUT2D eigenvalue weighted by molar-refractivity contribution is 5.78. The fourth-order valence-electron chi connectivity index (χ4n) is 4.12. The van der Waals surface area contributed by atoms with Crippen LogP contribution in [0.2, 0.25) is 0 Å². The van der Waals surface area contributed by atoms with Crippen LogP contribution in [-0.4, -0.2) is 57.3 Å². The lowest BCUT2D eigenvalue weighted by Gasteiger charge is -2.47. The number of hydrogen-bond donors (Lipinski definition) is 0. The molecule has 26 heavy (non-hydrogen) atoms. The summed E-state index contributed by atoms with van der Waals surface area (Å²) in [6.45, 7) is 6.80. The Morgan fingerprint density at radius 3 is 2.88 bits per heavy atom. The lowest BCUT2D eigenvalue weighted by molar-refractivity contribution is -0.144. The van der Waals surface area contributed by atoms with E-state index >= 15 is 0 Å². The van der Waals surface area contributed by atoms with Crippen molar-refractivity contribution in [2.75, 3.05) is 19.6 Å². The van der Waals surface area contributed by atoms with Crippen molar-refractivity contribution in [2.24, 2.45) is 11.8 Å². The number of aromatic nitrogens is 2. The van der Waals surface area contributed by atoms with Gasteiger partial charge in [-0.15, -0.1) is 0 Å². The number of piperidine rings is 2. The zero-order valence-corrected chi connectivity index (χ0v) is 15.9. The second-order valence-electron chi connectivity index (χ2n) is 7.96. The molecule has 2 atom stereocenters. The molecule has 6 nitrogen and oxygen atoms in total. The van der Waals surface area contributed by atoms with Gasteiger partial charge in [-0.2, -0.15) is 0 Å². The molecule has 2 amide bonds. The molecule has 1 aromatic rings. The lowest BCUT2D eigenvalue weighted by Crippen LogP contribution is -2.57. The third kappa shape index (κ3) is 4.59. The molecule has 3 heterocycles. The van der Waals surface area contributed by atoms with Crippen LogP contribution in [0.5, 0.6) is 0 Å². The van der Waals surface area contributed by atoms with Gasteiger partial charge in [0, 0.05) is 57.1 Å². The number of rotatable bonds is 6. The quantitative estimate of drug-likeness (QED) is 0.783. The van der Waals surface area contributed by atoms with Gasteiger partial charge >= 0.3 is 0 Å². The van der Waals surface area contributed by atoms with Crippen molar-refractivity contribution in [1.29, 1.82) is 0 Å². The maximum Gasteiger partial charge on any atom is 0.222 e. The molecule has 0 unspecified atom stereocenters. The highest BCUT2D eigenvalue weighted by atomic mass is 16.2. The summed E-state index contributed by atoms with van der Waals surface area (Å²) in [6, 6.07) is 0.319. The Morgan fingerprint density at radius 1 is 1.31 bits per heavy atom. The summed E-state index contributed by atoms with van der Waals surface area (Å²) < 4.78 is 0. The van der Waals surface area contributed by atoms with Gasteiger partial charge in [0.25, 0.3) is 0 Å². The first-order chi connectivity index (χ1) is 12.5. The number of hydrogen-bond acceptors (Lipinski definition) is 4. The van der Waals surface area contributed by atoms with Gasteiger partial charge in [-0.05, 0) is 37.5 Å². The Bertz CT molecular complexity index is 619. The van der Waals surface area contributed by atoms with Gasteiger partial charge in [0.05, 0.1) is 5.69 Å². The Morgan fingerprint density at radius 2 is 2.15 bits per heavy atom. The smallest absolute Gasteiger partial charge is 0.222 e. The zero-order chi connectivity index (χ0) is 18.5. The molecule has 142 valence electrons. The lowest BCUT2D eigenvalue weighted by atomic mass is 9.83. The van der Waals surface area contributed by atoms with Crippen LogP contribution >= 0.6 is 0 Å². The Hall–Kier alpha value is -1.98. The summed E-state index contributed by atoms with van der Waals surface area (Å²) in [5.41, 5.74) is 0.860. The van der Waals surface area contributed by atoms with E-state index in [4.69, 9.17) is 0 Å². The van der Waals surface area contributed by atoms with Crippen molar-refractivity contribution in [3.05, 3.63) is 24.3 Å². The maximum absolute atomic E-state index is 12.6. The number of nitrogens with zero attached hydrogens (tertiary/aromatic N) is 4. The predicted octanol–water partition coefficient (Wildman–Crippen LogP) is 2.29. The average Bonchev–Trinajstić information content (AvgIpc) is 2.65. The van der Waals surface area contributed by atoms with Crippen molar-refractivity contribution in [1.82, 2.24) is 19.8 Å². The number of aryl methyl sites for hydroxylation is 1. The molecule has 0 radical (unpaired) electrons. The van der Waals surface area contributed by atoms with E-state index in [0.717, 1.165) is 44.6 Å². The van der Waals surface area contributed by atoms with Gasteiger partial charge in [0.2, 0.25) is 11.8 Å². The SMILES string of the molecule is CC(C)CCN1C(=O)CC[C@H]2CN(C(=O)CCc3cnccn3)CC[C@H]21. The van der Waals surface area contributed by atoms with Crippen molar-refractivity contribution < 1.29 is 9.59 Å². The Kier molecular flexibility index (Phi) is 6.22. The van der Waals surface area contributed by atoms with E-state index in [-0.39, 0.29) is 5.91 Å². The van der Waals surface area contributed by atoms with Gasteiger partial charge in [-0.25, -0.2) is 0 Å². The van der Waals surface area contributed by atoms with Crippen LogP contribution in [0.3, 0.4) is 0 Å².